The summed E-state index contributed by atoms with van der Waals surface area (Å²) >= 11 is 0. The topological polar surface area (TPSA) is 49.4 Å². The van der Waals surface area contributed by atoms with E-state index >= 15 is 0 Å². The summed E-state index contributed by atoms with van der Waals surface area (Å²) in [7, 11) is 0. The third kappa shape index (κ3) is 1.62. The number of hydrogen-bond donors (Lipinski definition) is 1. The lowest BCUT2D eigenvalue weighted by atomic mass is 9.73. The molecule has 1 unspecified atom stereocenters. The average molecular weight is 250 g/mol. The lowest BCUT2D eigenvalue weighted by Gasteiger charge is -2.36. The standard InChI is InChI=1S/C14H22N2O2/c1-13(7-8-15-10-13)16-11(17)9-14(12(16)18)5-3-2-4-6-14/h15H,2-10H2,1H3. The molecular formula is C14H22N2O2. The van der Waals surface area contributed by atoms with Crippen LogP contribution in [-0.4, -0.2) is 35.3 Å². The molecule has 1 atom stereocenters. The van der Waals surface area contributed by atoms with Crippen molar-refractivity contribution >= 4 is 11.8 Å². The Balaban J connectivity index is 1.88. The van der Waals surface area contributed by atoms with E-state index in [0.29, 0.717) is 6.42 Å². The van der Waals surface area contributed by atoms with Crippen molar-refractivity contribution in [3.8, 4) is 0 Å². The second-order valence-corrected chi connectivity index (χ2v) is 6.48. The quantitative estimate of drug-likeness (QED) is 0.717. The molecule has 2 saturated heterocycles. The van der Waals surface area contributed by atoms with Crippen LogP contribution >= 0.6 is 0 Å². The van der Waals surface area contributed by atoms with Crippen molar-refractivity contribution in [2.75, 3.05) is 13.1 Å². The zero-order valence-electron chi connectivity index (χ0n) is 11.1. The third-order valence-electron chi connectivity index (χ3n) is 5.09. The van der Waals surface area contributed by atoms with Crippen LogP contribution in [0.3, 0.4) is 0 Å². The first-order valence-electron chi connectivity index (χ1n) is 7.16. The van der Waals surface area contributed by atoms with E-state index < -0.39 is 0 Å². The molecule has 100 valence electrons. The van der Waals surface area contributed by atoms with Crippen molar-refractivity contribution in [3.63, 3.8) is 0 Å². The predicted molar refractivity (Wildman–Crippen MR) is 67.9 cm³/mol. The molecule has 4 nitrogen and oxygen atoms in total. The minimum atomic E-state index is -0.332. The summed E-state index contributed by atoms with van der Waals surface area (Å²) in [6.07, 6.45) is 6.59. The molecule has 2 heterocycles. The minimum absolute atomic E-state index is 0.0631. The molecule has 0 aromatic heterocycles. The van der Waals surface area contributed by atoms with Crippen LogP contribution in [0.15, 0.2) is 0 Å². The fourth-order valence-corrected chi connectivity index (χ4v) is 3.95. The van der Waals surface area contributed by atoms with Gasteiger partial charge in [-0.05, 0) is 32.7 Å². The van der Waals surface area contributed by atoms with Gasteiger partial charge in [0.1, 0.15) is 0 Å². The van der Waals surface area contributed by atoms with Gasteiger partial charge in [0.05, 0.1) is 11.0 Å². The highest BCUT2D eigenvalue weighted by Crippen LogP contribution is 2.47. The largest absolute Gasteiger partial charge is 0.314 e. The van der Waals surface area contributed by atoms with Crippen LogP contribution in [0.4, 0.5) is 0 Å². The van der Waals surface area contributed by atoms with E-state index in [2.05, 4.69) is 5.32 Å². The second kappa shape index (κ2) is 4.05. The second-order valence-electron chi connectivity index (χ2n) is 6.48. The highest BCUT2D eigenvalue weighted by atomic mass is 16.2. The summed E-state index contributed by atoms with van der Waals surface area (Å²) in [6, 6.07) is 0. The summed E-state index contributed by atoms with van der Waals surface area (Å²) in [4.78, 5) is 26.7. The summed E-state index contributed by atoms with van der Waals surface area (Å²) < 4.78 is 0. The Kier molecular flexibility index (Phi) is 2.73. The molecule has 1 aliphatic carbocycles. The number of rotatable bonds is 1. The van der Waals surface area contributed by atoms with Gasteiger partial charge in [0, 0.05) is 13.0 Å². The van der Waals surface area contributed by atoms with Gasteiger partial charge in [-0.1, -0.05) is 19.3 Å². The Morgan fingerprint density at radius 2 is 1.83 bits per heavy atom. The Hall–Kier alpha value is -0.900. The van der Waals surface area contributed by atoms with Gasteiger partial charge in [-0.2, -0.15) is 0 Å². The third-order valence-corrected chi connectivity index (χ3v) is 5.09. The Morgan fingerprint density at radius 3 is 2.44 bits per heavy atom. The fraction of sp³-hybridized carbons (Fsp3) is 0.857. The van der Waals surface area contributed by atoms with Gasteiger partial charge in [-0.15, -0.1) is 0 Å². The predicted octanol–water partition coefficient (Wildman–Crippen LogP) is 1.45. The van der Waals surface area contributed by atoms with E-state index in [-0.39, 0.29) is 22.8 Å². The van der Waals surface area contributed by atoms with Crippen molar-refractivity contribution in [1.29, 1.82) is 0 Å². The van der Waals surface area contributed by atoms with Crippen molar-refractivity contribution in [3.05, 3.63) is 0 Å². The Bertz CT molecular complexity index is 379. The number of nitrogens with zero attached hydrogens (tertiary/aromatic N) is 1. The summed E-state index contributed by atoms with van der Waals surface area (Å²) in [6.45, 7) is 3.70. The van der Waals surface area contributed by atoms with Crippen molar-refractivity contribution < 1.29 is 9.59 Å². The van der Waals surface area contributed by atoms with Gasteiger partial charge in [0.2, 0.25) is 11.8 Å². The molecule has 0 aromatic carbocycles. The first-order valence-corrected chi connectivity index (χ1v) is 7.16. The van der Waals surface area contributed by atoms with Crippen LogP contribution in [0, 0.1) is 5.41 Å². The smallest absolute Gasteiger partial charge is 0.236 e. The van der Waals surface area contributed by atoms with E-state index in [1.807, 2.05) is 6.92 Å². The van der Waals surface area contributed by atoms with E-state index in [0.717, 1.165) is 45.2 Å². The van der Waals surface area contributed by atoms with Crippen molar-refractivity contribution in [2.45, 2.75) is 57.4 Å². The molecule has 1 spiro atoms. The van der Waals surface area contributed by atoms with Gasteiger partial charge in [0.15, 0.2) is 0 Å². The van der Waals surface area contributed by atoms with Gasteiger partial charge in [-0.25, -0.2) is 0 Å². The molecule has 18 heavy (non-hydrogen) atoms. The van der Waals surface area contributed by atoms with Gasteiger partial charge < -0.3 is 5.32 Å². The summed E-state index contributed by atoms with van der Waals surface area (Å²) in [5.41, 5.74) is -0.615. The van der Waals surface area contributed by atoms with E-state index in [1.54, 1.807) is 4.90 Å². The molecule has 2 aliphatic heterocycles. The molecular weight excluding hydrogens is 228 g/mol. The van der Waals surface area contributed by atoms with Crippen LogP contribution in [0.2, 0.25) is 0 Å². The van der Waals surface area contributed by atoms with Gasteiger partial charge >= 0.3 is 0 Å². The molecule has 0 aromatic rings. The van der Waals surface area contributed by atoms with Crippen LogP contribution in [0.1, 0.15) is 51.9 Å². The lowest BCUT2D eigenvalue weighted by molar-refractivity contribution is -0.148. The average Bonchev–Trinajstić information content (AvgIpc) is 2.86. The summed E-state index contributed by atoms with van der Waals surface area (Å²) in [5, 5.41) is 3.28. The number of hydrogen-bond acceptors (Lipinski definition) is 3. The van der Waals surface area contributed by atoms with Gasteiger partial charge in [0.25, 0.3) is 0 Å². The number of carbonyl (C=O) groups excluding carboxylic acids is 2. The lowest BCUT2D eigenvalue weighted by Crippen LogP contribution is -2.52. The SMILES string of the molecule is CC1(N2C(=O)CC3(CCCCC3)C2=O)CCNC1. The van der Waals surface area contributed by atoms with Crippen LogP contribution < -0.4 is 5.32 Å². The zero-order valence-corrected chi connectivity index (χ0v) is 11.1. The van der Waals surface area contributed by atoms with Crippen LogP contribution in [0.25, 0.3) is 0 Å². The fourth-order valence-electron chi connectivity index (χ4n) is 3.95. The molecule has 3 aliphatic rings. The highest BCUT2D eigenvalue weighted by molar-refractivity contribution is 6.06. The molecule has 2 amide bonds. The number of imide groups is 1. The zero-order chi connectivity index (χ0) is 12.8. The number of amides is 2. The molecule has 4 heteroatoms. The first kappa shape index (κ1) is 12.2. The normalized spacial score (nSPS) is 35.7. The molecule has 1 saturated carbocycles. The molecule has 3 fully saturated rings. The maximum Gasteiger partial charge on any atom is 0.236 e. The monoisotopic (exact) mass is 250 g/mol. The van der Waals surface area contributed by atoms with E-state index in [4.69, 9.17) is 0 Å². The Labute approximate surface area is 108 Å². The molecule has 0 radical (unpaired) electrons. The molecule has 1 N–H and O–H groups in total. The van der Waals surface area contributed by atoms with Gasteiger partial charge in [-0.3, -0.25) is 14.5 Å². The van der Waals surface area contributed by atoms with Crippen LogP contribution in [0.5, 0.6) is 0 Å². The highest BCUT2D eigenvalue weighted by Gasteiger charge is 2.56. The van der Waals surface area contributed by atoms with Crippen molar-refractivity contribution in [1.82, 2.24) is 10.2 Å². The van der Waals surface area contributed by atoms with Crippen LogP contribution in [-0.2, 0) is 9.59 Å². The maximum atomic E-state index is 12.8. The number of carbonyl (C=O) groups is 2. The first-order chi connectivity index (χ1) is 8.57. The number of nitrogens with one attached hydrogen (secondary N) is 1. The molecule has 3 rings (SSSR count). The molecule has 0 bridgehead atoms. The maximum absolute atomic E-state index is 12.8. The number of likely N-dealkylation sites (tertiary alicyclic amines) is 1. The Morgan fingerprint density at radius 1 is 1.11 bits per heavy atom. The van der Waals surface area contributed by atoms with E-state index in [1.165, 1.54) is 6.42 Å². The van der Waals surface area contributed by atoms with E-state index in [9.17, 15) is 9.59 Å². The van der Waals surface area contributed by atoms with Crippen molar-refractivity contribution in [2.24, 2.45) is 5.41 Å². The minimum Gasteiger partial charge on any atom is -0.314 e. The summed E-state index contributed by atoms with van der Waals surface area (Å²) in [5.74, 6) is 0.187.